The molecule has 2 atom stereocenters. The average Bonchev–Trinajstić information content (AvgIpc) is 2.13. The van der Waals surface area contributed by atoms with Crippen LogP contribution in [0.2, 0.25) is 0 Å². The molecule has 2 N–H and O–H groups in total. The van der Waals surface area contributed by atoms with Gasteiger partial charge in [0.1, 0.15) is 0 Å². The minimum atomic E-state index is -0.874. The van der Waals surface area contributed by atoms with E-state index in [2.05, 4.69) is 6.92 Å². The first-order valence-electron chi connectivity index (χ1n) is 5.12. The maximum atomic E-state index is 10.8. The van der Waals surface area contributed by atoms with Gasteiger partial charge in [-0.2, -0.15) is 11.8 Å². The van der Waals surface area contributed by atoms with Crippen LogP contribution in [0.25, 0.3) is 0 Å². The Kier molecular flexibility index (Phi) is 7.99. The molecule has 0 heterocycles. The number of aliphatic hydroxyl groups is 1. The topological polar surface area (TPSA) is 57.5 Å². The fraction of sp³-hybridized carbons (Fsp3) is 0.900. The average molecular weight is 220 g/mol. The van der Waals surface area contributed by atoms with Crippen molar-refractivity contribution < 1.29 is 15.0 Å². The Morgan fingerprint density at radius 1 is 1.36 bits per heavy atom. The monoisotopic (exact) mass is 220 g/mol. The van der Waals surface area contributed by atoms with E-state index in [1.807, 2.05) is 6.92 Å². The Morgan fingerprint density at radius 2 is 2.00 bits per heavy atom. The van der Waals surface area contributed by atoms with Crippen molar-refractivity contribution in [3.8, 4) is 0 Å². The summed E-state index contributed by atoms with van der Waals surface area (Å²) in [5.74, 6) is 0.391. The van der Waals surface area contributed by atoms with E-state index < -0.39 is 18.0 Å². The van der Waals surface area contributed by atoms with Gasteiger partial charge in [0.15, 0.2) is 0 Å². The van der Waals surface area contributed by atoms with E-state index in [1.54, 1.807) is 11.8 Å². The summed E-state index contributed by atoms with van der Waals surface area (Å²) in [6.45, 7) is 3.99. The van der Waals surface area contributed by atoms with E-state index in [4.69, 9.17) is 5.11 Å². The molecule has 3 nitrogen and oxygen atoms in total. The van der Waals surface area contributed by atoms with Crippen LogP contribution in [0, 0.1) is 5.92 Å². The largest absolute Gasteiger partial charge is 0.481 e. The quantitative estimate of drug-likeness (QED) is 0.614. The molecule has 0 aliphatic heterocycles. The van der Waals surface area contributed by atoms with Gasteiger partial charge in [0, 0.05) is 0 Å². The first kappa shape index (κ1) is 13.8. The van der Waals surface area contributed by atoms with Gasteiger partial charge in [0.05, 0.1) is 12.0 Å². The maximum Gasteiger partial charge on any atom is 0.309 e. The van der Waals surface area contributed by atoms with Crippen molar-refractivity contribution in [1.82, 2.24) is 0 Å². The van der Waals surface area contributed by atoms with Gasteiger partial charge in [-0.3, -0.25) is 4.79 Å². The molecule has 0 radical (unpaired) electrons. The molecule has 0 amide bonds. The van der Waals surface area contributed by atoms with Crippen LogP contribution in [-0.2, 0) is 4.79 Å². The molecule has 84 valence electrons. The molecule has 2 unspecified atom stereocenters. The SMILES string of the molecule is CCCC(C(=O)O)C(O)CCSCC. The van der Waals surface area contributed by atoms with E-state index in [9.17, 15) is 9.90 Å². The number of carbonyl (C=O) groups is 1. The van der Waals surface area contributed by atoms with Crippen molar-refractivity contribution in [3.05, 3.63) is 0 Å². The summed E-state index contributed by atoms with van der Waals surface area (Å²) in [7, 11) is 0. The first-order chi connectivity index (χ1) is 6.63. The van der Waals surface area contributed by atoms with Crippen LogP contribution in [-0.4, -0.2) is 33.8 Å². The Morgan fingerprint density at radius 3 is 2.43 bits per heavy atom. The van der Waals surface area contributed by atoms with Crippen molar-refractivity contribution in [3.63, 3.8) is 0 Å². The lowest BCUT2D eigenvalue weighted by Crippen LogP contribution is -2.28. The molecule has 0 bridgehead atoms. The van der Waals surface area contributed by atoms with Gasteiger partial charge in [-0.15, -0.1) is 0 Å². The third kappa shape index (κ3) is 5.50. The number of thioether (sulfide) groups is 1. The predicted molar refractivity (Wildman–Crippen MR) is 59.7 cm³/mol. The second-order valence-electron chi connectivity index (χ2n) is 3.29. The highest BCUT2D eigenvalue weighted by molar-refractivity contribution is 7.99. The van der Waals surface area contributed by atoms with E-state index in [-0.39, 0.29) is 0 Å². The number of rotatable bonds is 8. The lowest BCUT2D eigenvalue weighted by atomic mass is 9.96. The zero-order chi connectivity index (χ0) is 11.0. The molecule has 14 heavy (non-hydrogen) atoms. The maximum absolute atomic E-state index is 10.8. The van der Waals surface area contributed by atoms with Crippen molar-refractivity contribution in [1.29, 1.82) is 0 Å². The zero-order valence-corrected chi connectivity index (χ0v) is 9.72. The van der Waals surface area contributed by atoms with Crippen LogP contribution >= 0.6 is 11.8 Å². The smallest absolute Gasteiger partial charge is 0.309 e. The third-order valence-corrected chi connectivity index (χ3v) is 3.08. The van der Waals surface area contributed by atoms with E-state index >= 15 is 0 Å². The van der Waals surface area contributed by atoms with Crippen molar-refractivity contribution in [2.45, 2.75) is 39.2 Å². The molecule has 0 spiro atoms. The second-order valence-corrected chi connectivity index (χ2v) is 4.68. The Labute approximate surface area is 89.9 Å². The van der Waals surface area contributed by atoms with Crippen molar-refractivity contribution in [2.24, 2.45) is 5.92 Å². The molecule has 0 rings (SSSR count). The number of carboxylic acid groups (broad SMARTS) is 1. The van der Waals surface area contributed by atoms with E-state index in [0.717, 1.165) is 17.9 Å². The molecule has 0 saturated carbocycles. The fourth-order valence-electron chi connectivity index (χ4n) is 1.34. The summed E-state index contributed by atoms with van der Waals surface area (Å²) in [5.41, 5.74) is 0. The Balaban J connectivity index is 3.88. The summed E-state index contributed by atoms with van der Waals surface area (Å²) in [6, 6.07) is 0. The fourth-order valence-corrected chi connectivity index (χ4v) is 2.04. The molecular weight excluding hydrogens is 200 g/mol. The van der Waals surface area contributed by atoms with Gasteiger partial charge in [-0.25, -0.2) is 0 Å². The summed E-state index contributed by atoms with van der Waals surface area (Å²) < 4.78 is 0. The highest BCUT2D eigenvalue weighted by atomic mass is 32.2. The third-order valence-electron chi connectivity index (χ3n) is 2.14. The molecule has 0 aliphatic carbocycles. The number of hydrogen-bond donors (Lipinski definition) is 2. The first-order valence-corrected chi connectivity index (χ1v) is 6.27. The van der Waals surface area contributed by atoms with Gasteiger partial charge in [0.2, 0.25) is 0 Å². The predicted octanol–water partition coefficient (Wildman–Crippen LogP) is 1.99. The van der Waals surface area contributed by atoms with Gasteiger partial charge in [-0.1, -0.05) is 20.3 Å². The van der Waals surface area contributed by atoms with Crippen LogP contribution in [0.15, 0.2) is 0 Å². The van der Waals surface area contributed by atoms with Gasteiger partial charge < -0.3 is 10.2 Å². The minimum Gasteiger partial charge on any atom is -0.481 e. The standard InChI is InChI=1S/C10H20O3S/c1-3-5-8(10(12)13)9(11)6-7-14-4-2/h8-9,11H,3-7H2,1-2H3,(H,12,13). The van der Waals surface area contributed by atoms with Crippen LogP contribution in [0.3, 0.4) is 0 Å². The summed E-state index contributed by atoms with van der Waals surface area (Å²) in [4.78, 5) is 10.8. The molecule has 0 saturated heterocycles. The van der Waals surface area contributed by atoms with Crippen molar-refractivity contribution in [2.75, 3.05) is 11.5 Å². The highest BCUT2D eigenvalue weighted by Crippen LogP contribution is 2.16. The second kappa shape index (κ2) is 8.12. The molecule has 4 heteroatoms. The van der Waals surface area contributed by atoms with Crippen LogP contribution in [0.5, 0.6) is 0 Å². The minimum absolute atomic E-state index is 0.563. The number of hydrogen-bond acceptors (Lipinski definition) is 3. The van der Waals surface area contributed by atoms with Gasteiger partial charge in [0.25, 0.3) is 0 Å². The molecule has 0 aromatic rings. The normalized spacial score (nSPS) is 15.1. The number of aliphatic carboxylic acids is 1. The Bertz CT molecular complexity index is 161. The summed E-state index contributed by atoms with van der Waals surface area (Å²) in [5, 5.41) is 18.5. The number of carboxylic acids is 1. The zero-order valence-electron chi connectivity index (χ0n) is 8.90. The molecular formula is C10H20O3S. The molecule has 0 aromatic carbocycles. The lowest BCUT2D eigenvalue weighted by molar-refractivity contribution is -0.146. The van der Waals surface area contributed by atoms with Crippen LogP contribution in [0.4, 0.5) is 0 Å². The molecule has 0 fully saturated rings. The lowest BCUT2D eigenvalue weighted by Gasteiger charge is -2.17. The van der Waals surface area contributed by atoms with Gasteiger partial charge in [-0.05, 0) is 24.3 Å². The molecule has 0 aliphatic rings. The van der Waals surface area contributed by atoms with Crippen LogP contribution in [0.1, 0.15) is 33.1 Å². The Hall–Kier alpha value is -0.220. The van der Waals surface area contributed by atoms with E-state index in [0.29, 0.717) is 12.8 Å². The highest BCUT2D eigenvalue weighted by Gasteiger charge is 2.24. The van der Waals surface area contributed by atoms with Crippen molar-refractivity contribution >= 4 is 17.7 Å². The summed E-state index contributed by atoms with van der Waals surface area (Å²) >= 11 is 1.73. The number of aliphatic hydroxyl groups excluding tert-OH is 1. The van der Waals surface area contributed by atoms with Gasteiger partial charge >= 0.3 is 5.97 Å². The summed E-state index contributed by atoms with van der Waals surface area (Å²) in [6.07, 6.45) is 1.25. The van der Waals surface area contributed by atoms with E-state index in [1.165, 1.54) is 0 Å². The van der Waals surface area contributed by atoms with Crippen LogP contribution < -0.4 is 0 Å². The molecule has 0 aromatic heterocycles.